The standard InChI is InChI=1S/C11H20N2O2.ClH/c1-8-4-2-3-5-13(8)11(15)10-6-9(14)7-12-10;/h8-10,12,14H,2-7H2,1H3;1H/t8?,9-,10-;/m1./s1. The average molecular weight is 249 g/mol. The van der Waals surface area contributed by atoms with E-state index in [1.807, 2.05) is 4.90 Å². The fourth-order valence-corrected chi connectivity index (χ4v) is 2.53. The summed E-state index contributed by atoms with van der Waals surface area (Å²) in [7, 11) is 0. The van der Waals surface area contributed by atoms with Gasteiger partial charge in [0.25, 0.3) is 0 Å². The number of hydrogen-bond acceptors (Lipinski definition) is 3. The van der Waals surface area contributed by atoms with Gasteiger partial charge in [0.15, 0.2) is 0 Å². The van der Waals surface area contributed by atoms with Crippen molar-refractivity contribution in [3.8, 4) is 0 Å². The normalized spacial score (nSPS) is 34.6. The first-order valence-electron chi connectivity index (χ1n) is 5.90. The molecule has 2 fully saturated rings. The van der Waals surface area contributed by atoms with Crippen LogP contribution < -0.4 is 5.32 Å². The van der Waals surface area contributed by atoms with E-state index < -0.39 is 0 Å². The minimum absolute atomic E-state index is 0. The van der Waals surface area contributed by atoms with Crippen molar-refractivity contribution in [2.45, 2.75) is 50.8 Å². The van der Waals surface area contributed by atoms with Gasteiger partial charge >= 0.3 is 0 Å². The van der Waals surface area contributed by atoms with E-state index in [4.69, 9.17) is 0 Å². The first-order chi connectivity index (χ1) is 7.18. The fraction of sp³-hybridized carbons (Fsp3) is 0.909. The largest absolute Gasteiger partial charge is 0.392 e. The molecule has 1 unspecified atom stereocenters. The molecule has 16 heavy (non-hydrogen) atoms. The molecule has 5 heteroatoms. The molecule has 2 heterocycles. The molecule has 2 aliphatic rings. The number of likely N-dealkylation sites (tertiary alicyclic amines) is 1. The van der Waals surface area contributed by atoms with E-state index in [0.29, 0.717) is 19.0 Å². The summed E-state index contributed by atoms with van der Waals surface area (Å²) in [5, 5.41) is 12.5. The topological polar surface area (TPSA) is 52.6 Å². The molecule has 2 saturated heterocycles. The highest BCUT2D eigenvalue weighted by Gasteiger charge is 2.33. The Morgan fingerprint density at radius 1 is 1.44 bits per heavy atom. The predicted molar refractivity (Wildman–Crippen MR) is 64.7 cm³/mol. The summed E-state index contributed by atoms with van der Waals surface area (Å²) in [6.07, 6.45) is 3.68. The highest BCUT2D eigenvalue weighted by atomic mass is 35.5. The molecule has 94 valence electrons. The number of halogens is 1. The zero-order chi connectivity index (χ0) is 10.8. The molecule has 0 aromatic carbocycles. The van der Waals surface area contributed by atoms with Crippen molar-refractivity contribution in [2.75, 3.05) is 13.1 Å². The van der Waals surface area contributed by atoms with Crippen LogP contribution in [0, 0.1) is 0 Å². The van der Waals surface area contributed by atoms with E-state index >= 15 is 0 Å². The number of β-amino-alcohol motifs (C(OH)–C–C–N with tert-alkyl or cyclic N) is 1. The molecule has 0 radical (unpaired) electrons. The maximum Gasteiger partial charge on any atom is 0.240 e. The van der Waals surface area contributed by atoms with Gasteiger partial charge in [0.1, 0.15) is 0 Å². The number of piperidine rings is 1. The highest BCUT2D eigenvalue weighted by Crippen LogP contribution is 2.19. The number of nitrogens with zero attached hydrogens (tertiary/aromatic N) is 1. The Balaban J connectivity index is 0.00000128. The van der Waals surface area contributed by atoms with E-state index in [1.54, 1.807) is 0 Å². The molecule has 0 spiro atoms. The lowest BCUT2D eigenvalue weighted by Crippen LogP contribution is -2.49. The van der Waals surface area contributed by atoms with Crippen molar-refractivity contribution in [1.82, 2.24) is 10.2 Å². The van der Waals surface area contributed by atoms with Crippen molar-refractivity contribution in [3.63, 3.8) is 0 Å². The van der Waals surface area contributed by atoms with Crippen LogP contribution in [0.5, 0.6) is 0 Å². The van der Waals surface area contributed by atoms with E-state index in [-0.39, 0.29) is 30.5 Å². The molecule has 3 atom stereocenters. The first-order valence-corrected chi connectivity index (χ1v) is 5.90. The zero-order valence-electron chi connectivity index (χ0n) is 9.69. The van der Waals surface area contributed by atoms with E-state index in [2.05, 4.69) is 12.2 Å². The summed E-state index contributed by atoms with van der Waals surface area (Å²) in [5.41, 5.74) is 0. The van der Waals surface area contributed by atoms with Crippen LogP contribution in [0.25, 0.3) is 0 Å². The Bertz CT molecular complexity index is 250. The summed E-state index contributed by atoms with van der Waals surface area (Å²) in [4.78, 5) is 14.1. The summed E-state index contributed by atoms with van der Waals surface area (Å²) in [6, 6.07) is 0.214. The summed E-state index contributed by atoms with van der Waals surface area (Å²) in [6.45, 7) is 3.55. The van der Waals surface area contributed by atoms with Crippen molar-refractivity contribution in [3.05, 3.63) is 0 Å². The molecule has 0 aliphatic carbocycles. The second kappa shape index (κ2) is 5.84. The fourth-order valence-electron chi connectivity index (χ4n) is 2.53. The third-order valence-corrected chi connectivity index (χ3v) is 3.49. The van der Waals surface area contributed by atoms with Crippen molar-refractivity contribution < 1.29 is 9.90 Å². The molecule has 2 N–H and O–H groups in total. The number of carbonyl (C=O) groups is 1. The van der Waals surface area contributed by atoms with Gasteiger partial charge in [0, 0.05) is 19.1 Å². The quantitative estimate of drug-likeness (QED) is 0.712. The summed E-state index contributed by atoms with van der Waals surface area (Å²) >= 11 is 0. The number of amides is 1. The van der Waals surface area contributed by atoms with Crippen LogP contribution in [-0.2, 0) is 4.79 Å². The molecule has 0 bridgehead atoms. The number of hydrogen-bond donors (Lipinski definition) is 2. The third kappa shape index (κ3) is 2.87. The van der Waals surface area contributed by atoms with Crippen LogP contribution in [0.15, 0.2) is 0 Å². The maximum absolute atomic E-state index is 12.1. The minimum atomic E-state index is -0.348. The van der Waals surface area contributed by atoms with Crippen LogP contribution >= 0.6 is 12.4 Å². The van der Waals surface area contributed by atoms with Crippen LogP contribution in [0.1, 0.15) is 32.6 Å². The van der Waals surface area contributed by atoms with Crippen molar-refractivity contribution in [1.29, 1.82) is 0 Å². The lowest BCUT2D eigenvalue weighted by atomic mass is 10.0. The van der Waals surface area contributed by atoms with E-state index in [0.717, 1.165) is 19.4 Å². The summed E-state index contributed by atoms with van der Waals surface area (Å²) in [5.74, 6) is 0.179. The number of nitrogens with one attached hydrogen (secondary N) is 1. The zero-order valence-corrected chi connectivity index (χ0v) is 10.5. The van der Waals surface area contributed by atoms with Crippen LogP contribution in [-0.4, -0.2) is 47.2 Å². The molecule has 2 aliphatic heterocycles. The van der Waals surface area contributed by atoms with Gasteiger partial charge in [-0.1, -0.05) is 0 Å². The van der Waals surface area contributed by atoms with Gasteiger partial charge < -0.3 is 15.3 Å². The lowest BCUT2D eigenvalue weighted by molar-refractivity contribution is -0.136. The SMILES string of the molecule is CC1CCCCN1C(=O)[C@H]1C[C@@H](O)CN1.Cl. The molecular formula is C11H21ClN2O2. The Morgan fingerprint density at radius 2 is 2.19 bits per heavy atom. The van der Waals surface area contributed by atoms with Gasteiger partial charge in [0.05, 0.1) is 12.1 Å². The predicted octanol–water partition coefficient (Wildman–Crippen LogP) is 0.532. The van der Waals surface area contributed by atoms with Gasteiger partial charge in [-0.15, -0.1) is 12.4 Å². The van der Waals surface area contributed by atoms with E-state index in [1.165, 1.54) is 6.42 Å². The minimum Gasteiger partial charge on any atom is -0.392 e. The monoisotopic (exact) mass is 248 g/mol. The molecule has 4 nitrogen and oxygen atoms in total. The summed E-state index contributed by atoms with van der Waals surface area (Å²) < 4.78 is 0. The Kier molecular flexibility index (Phi) is 5.02. The van der Waals surface area contributed by atoms with Gasteiger partial charge in [-0.3, -0.25) is 4.79 Å². The Hall–Kier alpha value is -0.320. The molecule has 0 aromatic rings. The van der Waals surface area contributed by atoms with Crippen molar-refractivity contribution in [2.24, 2.45) is 0 Å². The first kappa shape index (κ1) is 13.7. The van der Waals surface area contributed by atoms with E-state index in [9.17, 15) is 9.90 Å². The van der Waals surface area contributed by atoms with Crippen LogP contribution in [0.4, 0.5) is 0 Å². The van der Waals surface area contributed by atoms with Gasteiger partial charge in [0.2, 0.25) is 5.91 Å². The lowest BCUT2D eigenvalue weighted by Gasteiger charge is -2.35. The Labute approximate surface area is 103 Å². The smallest absolute Gasteiger partial charge is 0.240 e. The van der Waals surface area contributed by atoms with Crippen LogP contribution in [0.2, 0.25) is 0 Å². The Morgan fingerprint density at radius 3 is 2.75 bits per heavy atom. The second-order valence-corrected chi connectivity index (χ2v) is 4.73. The molecular weight excluding hydrogens is 228 g/mol. The third-order valence-electron chi connectivity index (χ3n) is 3.49. The number of rotatable bonds is 1. The number of aliphatic hydroxyl groups excluding tert-OH is 1. The molecule has 0 saturated carbocycles. The van der Waals surface area contributed by atoms with Gasteiger partial charge in [-0.25, -0.2) is 0 Å². The van der Waals surface area contributed by atoms with Crippen molar-refractivity contribution >= 4 is 18.3 Å². The number of carbonyl (C=O) groups excluding carboxylic acids is 1. The average Bonchev–Trinajstić information content (AvgIpc) is 2.65. The highest BCUT2D eigenvalue weighted by molar-refractivity contribution is 5.85. The maximum atomic E-state index is 12.1. The second-order valence-electron chi connectivity index (χ2n) is 4.73. The molecule has 1 amide bonds. The van der Waals surface area contributed by atoms with Gasteiger partial charge in [-0.05, 0) is 32.6 Å². The molecule has 2 rings (SSSR count). The molecule has 0 aromatic heterocycles. The van der Waals surface area contributed by atoms with Gasteiger partial charge in [-0.2, -0.15) is 0 Å². The number of aliphatic hydroxyl groups is 1. The van der Waals surface area contributed by atoms with Crippen LogP contribution in [0.3, 0.4) is 0 Å².